The fourth-order valence-electron chi connectivity index (χ4n) is 1.85. The van der Waals surface area contributed by atoms with Crippen molar-refractivity contribution in [3.63, 3.8) is 0 Å². The summed E-state index contributed by atoms with van der Waals surface area (Å²) in [6.45, 7) is 8.29. The van der Waals surface area contributed by atoms with Crippen molar-refractivity contribution in [1.29, 1.82) is 0 Å². The Morgan fingerprint density at radius 3 is 1.62 bits per heavy atom. The summed E-state index contributed by atoms with van der Waals surface area (Å²) >= 11 is 0. The summed E-state index contributed by atoms with van der Waals surface area (Å²) in [7, 11) is 0. The van der Waals surface area contributed by atoms with E-state index in [1.165, 1.54) is 0 Å². The second-order valence-corrected chi connectivity index (χ2v) is 4.59. The summed E-state index contributed by atoms with van der Waals surface area (Å²) in [6.07, 6.45) is 1.91. The summed E-state index contributed by atoms with van der Waals surface area (Å²) in [6, 6.07) is 3.35. The lowest BCUT2D eigenvalue weighted by Crippen LogP contribution is -1.98. The Labute approximate surface area is 97.9 Å². The van der Waals surface area contributed by atoms with Gasteiger partial charge >= 0.3 is 0 Å². The van der Waals surface area contributed by atoms with Crippen LogP contribution in [0.5, 0.6) is 11.5 Å². The molecular formula is C14H22O2. The van der Waals surface area contributed by atoms with Crippen molar-refractivity contribution in [3.8, 4) is 11.5 Å². The third kappa shape index (κ3) is 2.49. The minimum absolute atomic E-state index is 0.253. The standard InChI is InChI=1S/C14H22O2/c1-5-9(3)12-7-11(15)8-13(14(12)16)10(4)6-2/h7-10,15-16H,5-6H2,1-4H3. The van der Waals surface area contributed by atoms with E-state index in [4.69, 9.17) is 0 Å². The van der Waals surface area contributed by atoms with Gasteiger partial charge in [0, 0.05) is 11.1 Å². The van der Waals surface area contributed by atoms with Crippen molar-refractivity contribution in [2.45, 2.75) is 52.4 Å². The highest BCUT2D eigenvalue weighted by molar-refractivity contribution is 5.48. The minimum Gasteiger partial charge on any atom is -0.508 e. The number of phenols is 2. The van der Waals surface area contributed by atoms with E-state index in [1.807, 2.05) is 0 Å². The maximum absolute atomic E-state index is 10.2. The minimum atomic E-state index is 0.253. The van der Waals surface area contributed by atoms with Crippen LogP contribution in [0.3, 0.4) is 0 Å². The quantitative estimate of drug-likeness (QED) is 0.752. The van der Waals surface area contributed by atoms with Gasteiger partial charge in [0.25, 0.3) is 0 Å². The van der Waals surface area contributed by atoms with Crippen LogP contribution >= 0.6 is 0 Å². The molecule has 1 aromatic rings. The van der Waals surface area contributed by atoms with Crippen molar-refractivity contribution in [3.05, 3.63) is 23.3 Å². The van der Waals surface area contributed by atoms with Gasteiger partial charge in [-0.1, -0.05) is 27.7 Å². The fourth-order valence-corrected chi connectivity index (χ4v) is 1.85. The number of hydrogen-bond acceptors (Lipinski definition) is 2. The number of benzene rings is 1. The summed E-state index contributed by atoms with van der Waals surface area (Å²) in [5, 5.41) is 19.9. The first-order valence-electron chi connectivity index (χ1n) is 6.06. The van der Waals surface area contributed by atoms with Crippen LogP contribution in [-0.2, 0) is 0 Å². The van der Waals surface area contributed by atoms with E-state index in [0.29, 0.717) is 5.75 Å². The topological polar surface area (TPSA) is 40.5 Å². The monoisotopic (exact) mass is 222 g/mol. The van der Waals surface area contributed by atoms with Gasteiger partial charge in [0.05, 0.1) is 0 Å². The van der Waals surface area contributed by atoms with Crippen LogP contribution in [0.1, 0.15) is 63.5 Å². The van der Waals surface area contributed by atoms with Crippen molar-refractivity contribution in [2.75, 3.05) is 0 Å². The molecule has 0 radical (unpaired) electrons. The van der Waals surface area contributed by atoms with Crippen molar-refractivity contribution in [1.82, 2.24) is 0 Å². The average Bonchev–Trinajstić information content (AvgIpc) is 2.29. The molecule has 0 saturated heterocycles. The Bertz CT molecular complexity index is 327. The van der Waals surface area contributed by atoms with Crippen LogP contribution in [-0.4, -0.2) is 10.2 Å². The van der Waals surface area contributed by atoms with Gasteiger partial charge in [-0.15, -0.1) is 0 Å². The van der Waals surface area contributed by atoms with E-state index in [1.54, 1.807) is 12.1 Å². The van der Waals surface area contributed by atoms with Crippen LogP contribution < -0.4 is 0 Å². The predicted octanol–water partition coefficient (Wildman–Crippen LogP) is 4.12. The summed E-state index contributed by atoms with van der Waals surface area (Å²) in [5.74, 6) is 1.16. The predicted molar refractivity (Wildman–Crippen MR) is 67.2 cm³/mol. The summed E-state index contributed by atoms with van der Waals surface area (Å²) in [5.41, 5.74) is 1.72. The van der Waals surface area contributed by atoms with Gasteiger partial charge in [0.1, 0.15) is 11.5 Å². The molecular weight excluding hydrogens is 200 g/mol. The Hall–Kier alpha value is -1.18. The molecule has 0 aliphatic carbocycles. The number of phenolic OH excluding ortho intramolecular Hbond substituents is 2. The van der Waals surface area contributed by atoms with Gasteiger partial charge in [-0.05, 0) is 36.8 Å². The second-order valence-electron chi connectivity index (χ2n) is 4.59. The molecule has 0 saturated carbocycles. The van der Waals surface area contributed by atoms with Gasteiger partial charge in [-0.2, -0.15) is 0 Å². The van der Waals surface area contributed by atoms with E-state index in [9.17, 15) is 10.2 Å². The van der Waals surface area contributed by atoms with Gasteiger partial charge in [-0.25, -0.2) is 0 Å². The van der Waals surface area contributed by atoms with Crippen LogP contribution in [0.25, 0.3) is 0 Å². The maximum atomic E-state index is 10.2. The molecule has 0 spiro atoms. The zero-order valence-corrected chi connectivity index (χ0v) is 10.6. The van der Waals surface area contributed by atoms with Crippen molar-refractivity contribution in [2.24, 2.45) is 0 Å². The highest BCUT2D eigenvalue weighted by atomic mass is 16.3. The first-order chi connectivity index (χ1) is 7.51. The Morgan fingerprint density at radius 2 is 1.31 bits per heavy atom. The van der Waals surface area contributed by atoms with Crippen LogP contribution in [0.2, 0.25) is 0 Å². The Kier molecular flexibility index (Phi) is 4.22. The molecule has 2 N–H and O–H groups in total. The third-order valence-corrected chi connectivity index (χ3v) is 3.44. The number of hydrogen-bond donors (Lipinski definition) is 2. The molecule has 2 heteroatoms. The molecule has 1 rings (SSSR count). The number of aromatic hydroxyl groups is 2. The van der Waals surface area contributed by atoms with Crippen molar-refractivity contribution >= 4 is 0 Å². The van der Waals surface area contributed by atoms with Crippen LogP contribution in [0.15, 0.2) is 12.1 Å². The van der Waals surface area contributed by atoms with E-state index >= 15 is 0 Å². The molecule has 2 unspecified atom stereocenters. The highest BCUT2D eigenvalue weighted by Gasteiger charge is 2.17. The Balaban J connectivity index is 3.25. The lowest BCUT2D eigenvalue weighted by Gasteiger charge is -2.18. The van der Waals surface area contributed by atoms with Crippen molar-refractivity contribution < 1.29 is 10.2 Å². The number of rotatable bonds is 4. The molecule has 0 bridgehead atoms. The van der Waals surface area contributed by atoms with Crippen LogP contribution in [0, 0.1) is 0 Å². The first kappa shape index (κ1) is 12.9. The lowest BCUT2D eigenvalue weighted by atomic mass is 9.90. The molecule has 0 aromatic heterocycles. The molecule has 0 fully saturated rings. The largest absolute Gasteiger partial charge is 0.508 e. The molecule has 1 aromatic carbocycles. The lowest BCUT2D eigenvalue weighted by molar-refractivity contribution is 0.436. The summed E-state index contributed by atoms with van der Waals surface area (Å²) in [4.78, 5) is 0. The average molecular weight is 222 g/mol. The van der Waals surface area contributed by atoms with E-state index in [-0.39, 0.29) is 17.6 Å². The molecule has 0 aliphatic heterocycles. The fraction of sp³-hybridized carbons (Fsp3) is 0.571. The highest BCUT2D eigenvalue weighted by Crippen LogP contribution is 2.38. The smallest absolute Gasteiger partial charge is 0.122 e. The van der Waals surface area contributed by atoms with E-state index in [0.717, 1.165) is 24.0 Å². The van der Waals surface area contributed by atoms with Gasteiger partial charge in [0.2, 0.25) is 0 Å². The molecule has 90 valence electrons. The molecule has 0 aliphatic rings. The third-order valence-electron chi connectivity index (χ3n) is 3.44. The van der Waals surface area contributed by atoms with E-state index in [2.05, 4.69) is 27.7 Å². The molecule has 0 heterocycles. The van der Waals surface area contributed by atoms with Gasteiger partial charge in [0.15, 0.2) is 0 Å². The zero-order chi connectivity index (χ0) is 12.3. The molecule has 2 nitrogen and oxygen atoms in total. The molecule has 2 atom stereocenters. The zero-order valence-electron chi connectivity index (χ0n) is 10.6. The molecule has 16 heavy (non-hydrogen) atoms. The molecule has 0 amide bonds. The van der Waals surface area contributed by atoms with Gasteiger partial charge in [-0.3, -0.25) is 0 Å². The Morgan fingerprint density at radius 1 is 0.938 bits per heavy atom. The maximum Gasteiger partial charge on any atom is 0.122 e. The first-order valence-corrected chi connectivity index (χ1v) is 6.06. The van der Waals surface area contributed by atoms with Crippen LogP contribution in [0.4, 0.5) is 0 Å². The second kappa shape index (κ2) is 5.24. The normalized spacial score (nSPS) is 14.8. The van der Waals surface area contributed by atoms with E-state index < -0.39 is 0 Å². The SMILES string of the molecule is CCC(C)c1cc(O)cc(C(C)CC)c1O. The summed E-state index contributed by atoms with van der Waals surface area (Å²) < 4.78 is 0. The van der Waals surface area contributed by atoms with Gasteiger partial charge < -0.3 is 10.2 Å².